The Morgan fingerprint density at radius 3 is 2.96 bits per heavy atom. The molecule has 1 atom stereocenters. The van der Waals surface area contributed by atoms with Crippen LogP contribution in [0.3, 0.4) is 0 Å². The smallest absolute Gasteiger partial charge is 0.255 e. The fourth-order valence-corrected chi connectivity index (χ4v) is 3.01. The first kappa shape index (κ1) is 18.6. The maximum Gasteiger partial charge on any atom is 0.255 e. The summed E-state index contributed by atoms with van der Waals surface area (Å²) in [5, 5.41) is 18.7. The average Bonchev–Trinajstić information content (AvgIpc) is 3.02. The van der Waals surface area contributed by atoms with Crippen LogP contribution < -0.4 is 21.7 Å². The topological polar surface area (TPSA) is 125 Å². The van der Waals surface area contributed by atoms with E-state index in [9.17, 15) is 10.1 Å². The molecule has 2 heterocycles. The minimum absolute atomic E-state index is 0.244. The number of fused-ring (bicyclic) bond motifs is 1. The number of methoxy groups -OCH3 is 1. The van der Waals surface area contributed by atoms with E-state index in [-0.39, 0.29) is 11.9 Å². The van der Waals surface area contributed by atoms with E-state index in [4.69, 9.17) is 10.5 Å². The zero-order chi connectivity index (χ0) is 19.4. The van der Waals surface area contributed by atoms with Crippen LogP contribution in [0.2, 0.25) is 0 Å². The van der Waals surface area contributed by atoms with E-state index in [1.165, 1.54) is 0 Å². The fourth-order valence-electron chi connectivity index (χ4n) is 3.01. The summed E-state index contributed by atoms with van der Waals surface area (Å²) < 4.78 is 5.03. The lowest BCUT2D eigenvalue weighted by molar-refractivity contribution is 0.0966. The minimum atomic E-state index is -0.246. The minimum Gasteiger partial charge on any atom is -0.383 e. The lowest BCUT2D eigenvalue weighted by Crippen LogP contribution is -2.33. The first-order valence-electron chi connectivity index (χ1n) is 8.60. The second-order valence-corrected chi connectivity index (χ2v) is 6.42. The molecule has 3 rings (SSSR count). The molecule has 1 aromatic heterocycles. The van der Waals surface area contributed by atoms with Gasteiger partial charge in [-0.05, 0) is 24.6 Å². The highest BCUT2D eigenvalue weighted by molar-refractivity contribution is 6.04. The van der Waals surface area contributed by atoms with Crippen LogP contribution in [0.4, 0.5) is 17.3 Å². The van der Waals surface area contributed by atoms with Crippen molar-refractivity contribution in [3.8, 4) is 6.07 Å². The normalized spacial score (nSPS) is 13.5. The summed E-state index contributed by atoms with van der Waals surface area (Å²) in [6.45, 7) is 3.05. The van der Waals surface area contributed by atoms with Gasteiger partial charge in [0.15, 0.2) is 0 Å². The Morgan fingerprint density at radius 2 is 2.26 bits per heavy atom. The van der Waals surface area contributed by atoms with E-state index >= 15 is 0 Å². The Bertz CT molecular complexity index is 906. The van der Waals surface area contributed by atoms with Crippen LogP contribution in [-0.2, 0) is 11.3 Å². The third kappa shape index (κ3) is 4.00. The Hall–Kier alpha value is -3.15. The first-order valence-corrected chi connectivity index (χ1v) is 8.60. The van der Waals surface area contributed by atoms with Crippen LogP contribution >= 0.6 is 0 Å². The Labute approximate surface area is 157 Å². The summed E-state index contributed by atoms with van der Waals surface area (Å²) in [5.74, 6) is 0.564. The van der Waals surface area contributed by atoms with E-state index < -0.39 is 0 Å². The highest BCUT2D eigenvalue weighted by Crippen LogP contribution is 2.32. The van der Waals surface area contributed by atoms with Crippen molar-refractivity contribution in [2.24, 2.45) is 5.73 Å². The van der Waals surface area contributed by atoms with E-state index in [2.05, 4.69) is 27.0 Å². The van der Waals surface area contributed by atoms with Crippen molar-refractivity contribution >= 4 is 23.2 Å². The van der Waals surface area contributed by atoms with Gasteiger partial charge in [0.25, 0.3) is 5.91 Å². The van der Waals surface area contributed by atoms with Gasteiger partial charge in [-0.2, -0.15) is 5.26 Å². The van der Waals surface area contributed by atoms with Crippen LogP contribution in [0, 0.1) is 18.3 Å². The molecule has 8 heteroatoms. The number of aryl methyl sites for hydroxylation is 1. The summed E-state index contributed by atoms with van der Waals surface area (Å²) in [5.41, 5.74) is 9.24. The summed E-state index contributed by atoms with van der Waals surface area (Å²) in [4.78, 5) is 16.8. The van der Waals surface area contributed by atoms with Crippen molar-refractivity contribution in [3.05, 3.63) is 46.5 Å². The number of benzene rings is 1. The van der Waals surface area contributed by atoms with Crippen LogP contribution in [-0.4, -0.2) is 37.2 Å². The van der Waals surface area contributed by atoms with Crippen molar-refractivity contribution in [2.45, 2.75) is 19.5 Å². The van der Waals surface area contributed by atoms with Crippen molar-refractivity contribution in [3.63, 3.8) is 0 Å². The molecule has 0 bridgehead atoms. The number of nitrogens with one attached hydrogen (secondary N) is 3. The molecule has 27 heavy (non-hydrogen) atoms. The number of nitrogens with two attached hydrogens (primary N) is 1. The van der Waals surface area contributed by atoms with Crippen molar-refractivity contribution in [2.75, 3.05) is 30.9 Å². The van der Waals surface area contributed by atoms with Gasteiger partial charge in [0.2, 0.25) is 0 Å². The number of rotatable bonds is 7. The Morgan fingerprint density at radius 1 is 1.44 bits per heavy atom. The van der Waals surface area contributed by atoms with Crippen LogP contribution in [0.5, 0.6) is 0 Å². The molecule has 5 N–H and O–H groups in total. The number of nitriles is 1. The molecule has 0 unspecified atom stereocenters. The molecule has 140 valence electrons. The highest BCUT2D eigenvalue weighted by atomic mass is 16.5. The van der Waals surface area contributed by atoms with E-state index in [0.717, 1.165) is 11.3 Å². The maximum absolute atomic E-state index is 12.3. The number of hydrogen-bond acceptors (Lipinski definition) is 7. The van der Waals surface area contributed by atoms with E-state index in [1.807, 2.05) is 31.2 Å². The number of carbonyl (C=O) groups is 1. The predicted molar refractivity (Wildman–Crippen MR) is 103 cm³/mol. The van der Waals surface area contributed by atoms with Gasteiger partial charge >= 0.3 is 0 Å². The van der Waals surface area contributed by atoms with Gasteiger partial charge < -0.3 is 26.4 Å². The summed E-state index contributed by atoms with van der Waals surface area (Å²) in [6.07, 6.45) is 0. The van der Waals surface area contributed by atoms with E-state index in [1.54, 1.807) is 7.11 Å². The number of hydrogen-bond donors (Lipinski definition) is 4. The maximum atomic E-state index is 12.3. The zero-order valence-corrected chi connectivity index (χ0v) is 15.3. The molecule has 1 amide bonds. The van der Waals surface area contributed by atoms with Gasteiger partial charge in [0, 0.05) is 37.5 Å². The molecule has 0 spiro atoms. The lowest BCUT2D eigenvalue weighted by atomic mass is 10.0. The van der Waals surface area contributed by atoms with Gasteiger partial charge in [0.05, 0.1) is 12.2 Å². The van der Waals surface area contributed by atoms with E-state index in [0.29, 0.717) is 48.0 Å². The third-order valence-electron chi connectivity index (χ3n) is 4.26. The molecule has 1 aliphatic rings. The number of aromatic nitrogens is 1. The standard InChI is InChI=1S/C19H22N6O2/c1-11-4-3-5-13(6-11)24-18-16-15(9-23-19(16)26)14(7-20)17(25-18)22-8-12(21)10-27-2/h3-6,12H,8-10,21H2,1-2H3,(H,23,26)(H2,22,24,25)/t12-/m1/s1. The predicted octanol–water partition coefficient (Wildman–Crippen LogP) is 1.63. The van der Waals surface area contributed by atoms with Crippen molar-refractivity contribution < 1.29 is 9.53 Å². The van der Waals surface area contributed by atoms with Gasteiger partial charge in [-0.25, -0.2) is 4.98 Å². The Kier molecular flexibility index (Phi) is 5.54. The number of nitrogens with zero attached hydrogens (tertiary/aromatic N) is 2. The molecule has 2 aromatic rings. The van der Waals surface area contributed by atoms with Gasteiger partial charge in [0.1, 0.15) is 23.3 Å². The highest BCUT2D eigenvalue weighted by Gasteiger charge is 2.29. The number of ether oxygens (including phenoxy) is 1. The SMILES string of the molecule is COC[C@H](N)CNc1nc(Nc2cccc(C)c2)c2c(c1C#N)CNC2=O. The quantitative estimate of drug-likeness (QED) is 0.587. The second kappa shape index (κ2) is 8.03. The fraction of sp³-hybridized carbons (Fsp3) is 0.316. The summed E-state index contributed by atoms with van der Waals surface area (Å²) in [7, 11) is 1.58. The summed E-state index contributed by atoms with van der Waals surface area (Å²) >= 11 is 0. The molecule has 0 saturated heterocycles. The molecular weight excluding hydrogens is 344 g/mol. The number of pyridine rings is 1. The largest absolute Gasteiger partial charge is 0.383 e. The number of carbonyl (C=O) groups excluding carboxylic acids is 1. The number of amides is 1. The lowest BCUT2D eigenvalue weighted by Gasteiger charge is -2.17. The molecule has 0 aliphatic carbocycles. The monoisotopic (exact) mass is 366 g/mol. The van der Waals surface area contributed by atoms with Crippen LogP contribution in [0.25, 0.3) is 0 Å². The first-order chi connectivity index (χ1) is 13.0. The average molecular weight is 366 g/mol. The second-order valence-electron chi connectivity index (χ2n) is 6.42. The van der Waals surface area contributed by atoms with Gasteiger partial charge in [-0.3, -0.25) is 4.79 Å². The van der Waals surface area contributed by atoms with Gasteiger partial charge in [-0.15, -0.1) is 0 Å². The molecule has 0 fully saturated rings. The molecule has 1 aromatic carbocycles. The van der Waals surface area contributed by atoms with Gasteiger partial charge in [-0.1, -0.05) is 12.1 Å². The third-order valence-corrected chi connectivity index (χ3v) is 4.26. The molecule has 0 saturated carbocycles. The van der Waals surface area contributed by atoms with Crippen LogP contribution in [0.1, 0.15) is 27.0 Å². The summed E-state index contributed by atoms with van der Waals surface area (Å²) in [6, 6.07) is 9.67. The number of anilines is 3. The van der Waals surface area contributed by atoms with Crippen molar-refractivity contribution in [1.29, 1.82) is 5.26 Å². The molecular formula is C19H22N6O2. The van der Waals surface area contributed by atoms with Crippen LogP contribution in [0.15, 0.2) is 24.3 Å². The zero-order valence-electron chi connectivity index (χ0n) is 15.3. The molecule has 8 nitrogen and oxygen atoms in total. The molecule has 1 aliphatic heterocycles. The van der Waals surface area contributed by atoms with Crippen molar-refractivity contribution in [1.82, 2.24) is 10.3 Å². The molecule has 0 radical (unpaired) electrons. The Balaban J connectivity index is 1.99.